The van der Waals surface area contributed by atoms with Crippen molar-refractivity contribution in [2.24, 2.45) is 0 Å². The maximum Gasteiger partial charge on any atom is 0.228 e. The molecule has 0 aromatic heterocycles. The molecule has 2 nitrogen and oxygen atoms in total. The Hall–Kier alpha value is -3.65. The zero-order valence-corrected chi connectivity index (χ0v) is 21.9. The van der Waals surface area contributed by atoms with Crippen LogP contribution in [0.4, 0.5) is 5.69 Å². The molecule has 0 saturated heterocycles. The first-order valence-corrected chi connectivity index (χ1v) is 12.7. The summed E-state index contributed by atoms with van der Waals surface area (Å²) >= 11 is 0. The second-order valence-corrected chi connectivity index (χ2v) is 8.47. The molecule has 6 rings (SSSR count). The molecule has 1 amide bonds. The molecule has 0 bridgehead atoms. The zero-order chi connectivity index (χ0) is 25.4. The molecule has 1 N–H and O–H groups in total. The van der Waals surface area contributed by atoms with Gasteiger partial charge in [-0.3, -0.25) is 4.79 Å². The van der Waals surface area contributed by atoms with Crippen molar-refractivity contribution in [3.8, 4) is 11.1 Å². The maximum absolute atomic E-state index is 10.9. The fraction of sp³-hybridized carbons (Fsp3) is 0.242. The van der Waals surface area contributed by atoms with Crippen LogP contribution in [0.2, 0.25) is 0 Å². The molecule has 2 heteroatoms. The summed E-state index contributed by atoms with van der Waals surface area (Å²) in [5.41, 5.74) is 10.2. The highest BCUT2D eigenvalue weighted by Gasteiger charge is 2.39. The van der Waals surface area contributed by atoms with E-state index in [9.17, 15) is 4.79 Å². The Balaban J connectivity index is 0.000000194. The first kappa shape index (κ1) is 26.0. The Labute approximate surface area is 211 Å². The molecule has 1 heterocycles. The first-order valence-electron chi connectivity index (χ1n) is 12.7. The standard InChI is InChI=1S/C20H16.C9H9NO.2C2H6/c1-20(15-9-3-2-4-10-15)18-13-7-5-11-16(18)17-12-6-8-14-19(17)20;1-6-2-3-8-7(4-6)5-9(11)10-8;2*1-2/h2-14H,1H3;2-4H,5H2,1H3,(H,10,11);2*1-2H3. The summed E-state index contributed by atoms with van der Waals surface area (Å²) in [5.74, 6) is 0.102. The van der Waals surface area contributed by atoms with E-state index in [4.69, 9.17) is 0 Å². The van der Waals surface area contributed by atoms with Gasteiger partial charge in [0, 0.05) is 11.1 Å². The lowest BCUT2D eigenvalue weighted by Crippen LogP contribution is -2.22. The third-order valence-corrected chi connectivity index (χ3v) is 6.46. The minimum Gasteiger partial charge on any atom is -0.326 e. The van der Waals surface area contributed by atoms with Gasteiger partial charge in [0.1, 0.15) is 0 Å². The number of anilines is 1. The molecular formula is C33H37NO. The monoisotopic (exact) mass is 463 g/mol. The number of carbonyl (C=O) groups is 1. The highest BCUT2D eigenvalue weighted by molar-refractivity contribution is 5.99. The van der Waals surface area contributed by atoms with Crippen LogP contribution >= 0.6 is 0 Å². The summed E-state index contributed by atoms with van der Waals surface area (Å²) in [5, 5.41) is 2.79. The van der Waals surface area contributed by atoms with E-state index in [-0.39, 0.29) is 11.3 Å². The first-order chi connectivity index (χ1) is 17.1. The molecular weight excluding hydrogens is 426 g/mol. The molecule has 180 valence electrons. The lowest BCUT2D eigenvalue weighted by atomic mass is 9.74. The van der Waals surface area contributed by atoms with E-state index >= 15 is 0 Å². The SMILES string of the molecule is CC.CC.CC1(c2ccccc2)c2ccccc2-c2ccccc21.Cc1ccc2c(c1)CC(=O)N2. The van der Waals surface area contributed by atoms with Gasteiger partial charge in [-0.2, -0.15) is 0 Å². The third-order valence-electron chi connectivity index (χ3n) is 6.46. The Morgan fingerprint density at radius 3 is 1.77 bits per heavy atom. The highest BCUT2D eigenvalue weighted by Crippen LogP contribution is 2.51. The lowest BCUT2D eigenvalue weighted by Gasteiger charge is -2.28. The average Bonchev–Trinajstić information content (AvgIpc) is 3.42. The van der Waals surface area contributed by atoms with Crippen molar-refractivity contribution in [3.05, 3.63) is 125 Å². The van der Waals surface area contributed by atoms with Crippen molar-refractivity contribution in [1.29, 1.82) is 0 Å². The summed E-state index contributed by atoms with van der Waals surface area (Å²) in [7, 11) is 0. The number of hydrogen-bond donors (Lipinski definition) is 1. The van der Waals surface area contributed by atoms with Crippen LogP contribution in [0.25, 0.3) is 11.1 Å². The van der Waals surface area contributed by atoms with Crippen molar-refractivity contribution in [3.63, 3.8) is 0 Å². The fourth-order valence-corrected chi connectivity index (χ4v) is 4.89. The van der Waals surface area contributed by atoms with Gasteiger partial charge >= 0.3 is 0 Å². The number of rotatable bonds is 1. The van der Waals surface area contributed by atoms with Gasteiger partial charge in [-0.1, -0.05) is 124 Å². The molecule has 35 heavy (non-hydrogen) atoms. The summed E-state index contributed by atoms with van der Waals surface area (Å²) in [6.45, 7) is 12.4. The highest BCUT2D eigenvalue weighted by atomic mass is 16.1. The average molecular weight is 464 g/mol. The van der Waals surface area contributed by atoms with E-state index in [1.54, 1.807) is 0 Å². The van der Waals surface area contributed by atoms with Gasteiger partial charge in [0.2, 0.25) is 5.91 Å². The molecule has 0 atom stereocenters. The molecule has 1 aliphatic heterocycles. The molecule has 2 aliphatic rings. The number of benzene rings is 4. The van der Waals surface area contributed by atoms with Gasteiger partial charge < -0.3 is 5.32 Å². The predicted octanol–water partition coefficient (Wildman–Crippen LogP) is 8.56. The van der Waals surface area contributed by atoms with Crippen LogP contribution in [0.15, 0.2) is 97.1 Å². The van der Waals surface area contributed by atoms with Crippen LogP contribution in [0.1, 0.15) is 62.4 Å². The van der Waals surface area contributed by atoms with Crippen molar-refractivity contribution >= 4 is 11.6 Å². The van der Waals surface area contributed by atoms with Crippen LogP contribution < -0.4 is 5.32 Å². The summed E-state index contributed by atoms with van der Waals surface area (Å²) in [4.78, 5) is 10.9. The Morgan fingerprint density at radius 1 is 0.686 bits per heavy atom. The Bertz CT molecular complexity index is 1230. The topological polar surface area (TPSA) is 29.1 Å². The van der Waals surface area contributed by atoms with Crippen LogP contribution in [0.5, 0.6) is 0 Å². The number of hydrogen-bond acceptors (Lipinski definition) is 1. The number of nitrogens with one attached hydrogen (secondary N) is 1. The van der Waals surface area contributed by atoms with Gasteiger partial charge in [-0.15, -0.1) is 0 Å². The maximum atomic E-state index is 10.9. The van der Waals surface area contributed by atoms with Gasteiger partial charge in [0.05, 0.1) is 6.42 Å². The Morgan fingerprint density at radius 2 is 1.20 bits per heavy atom. The zero-order valence-electron chi connectivity index (χ0n) is 21.9. The second kappa shape index (κ2) is 11.7. The quantitative estimate of drug-likeness (QED) is 0.301. The minimum absolute atomic E-state index is 0.0472. The molecule has 0 fully saturated rings. The van der Waals surface area contributed by atoms with Crippen molar-refractivity contribution < 1.29 is 4.79 Å². The van der Waals surface area contributed by atoms with Gasteiger partial charge in [0.15, 0.2) is 0 Å². The smallest absolute Gasteiger partial charge is 0.228 e. The molecule has 0 radical (unpaired) electrons. The van der Waals surface area contributed by atoms with Gasteiger partial charge in [-0.25, -0.2) is 0 Å². The number of aryl methyl sites for hydroxylation is 1. The fourth-order valence-electron chi connectivity index (χ4n) is 4.89. The minimum atomic E-state index is -0.0472. The third kappa shape index (κ3) is 5.07. The van der Waals surface area contributed by atoms with Crippen LogP contribution in [-0.4, -0.2) is 5.91 Å². The van der Waals surface area contributed by atoms with E-state index < -0.39 is 0 Å². The molecule has 1 aliphatic carbocycles. The van der Waals surface area contributed by atoms with Crippen molar-refractivity contribution in [2.75, 3.05) is 5.32 Å². The lowest BCUT2D eigenvalue weighted by molar-refractivity contribution is -0.115. The van der Waals surface area contributed by atoms with E-state index in [2.05, 4.69) is 91.1 Å². The predicted molar refractivity (Wildman–Crippen MR) is 150 cm³/mol. The van der Waals surface area contributed by atoms with Crippen molar-refractivity contribution in [1.82, 2.24) is 0 Å². The largest absolute Gasteiger partial charge is 0.326 e. The second-order valence-electron chi connectivity index (χ2n) is 8.47. The molecule has 4 aromatic carbocycles. The summed E-state index contributed by atoms with van der Waals surface area (Å²) < 4.78 is 0. The van der Waals surface area contributed by atoms with E-state index in [0.29, 0.717) is 6.42 Å². The van der Waals surface area contributed by atoms with E-state index in [1.165, 1.54) is 33.4 Å². The number of amides is 1. The number of fused-ring (bicyclic) bond motifs is 4. The molecule has 4 aromatic rings. The molecule has 0 saturated carbocycles. The van der Waals surface area contributed by atoms with E-state index in [1.807, 2.05) is 52.8 Å². The van der Waals surface area contributed by atoms with Gasteiger partial charge in [0.25, 0.3) is 0 Å². The Kier molecular flexibility index (Phi) is 8.65. The van der Waals surface area contributed by atoms with Gasteiger partial charge in [-0.05, 0) is 53.3 Å². The van der Waals surface area contributed by atoms with Crippen molar-refractivity contribution in [2.45, 2.75) is 53.4 Å². The van der Waals surface area contributed by atoms with E-state index in [0.717, 1.165) is 11.3 Å². The molecule has 0 spiro atoms. The summed E-state index contributed by atoms with van der Waals surface area (Å²) in [6.07, 6.45) is 0.539. The summed E-state index contributed by atoms with van der Waals surface area (Å²) in [6, 6.07) is 34.4. The normalized spacial score (nSPS) is 13.3. The van der Waals surface area contributed by atoms with Crippen LogP contribution in [-0.2, 0) is 16.6 Å². The van der Waals surface area contributed by atoms with Crippen LogP contribution in [0.3, 0.4) is 0 Å². The van der Waals surface area contributed by atoms with Crippen LogP contribution in [0, 0.1) is 6.92 Å². The number of carbonyl (C=O) groups excluding carboxylic acids is 1. The molecule has 0 unspecified atom stereocenters.